The van der Waals surface area contributed by atoms with E-state index in [1.165, 1.54) is 24.3 Å². The van der Waals surface area contributed by atoms with Crippen molar-refractivity contribution in [2.45, 2.75) is 4.90 Å². The van der Waals surface area contributed by atoms with Gasteiger partial charge in [0.25, 0.3) is 0 Å². The molecule has 2 rings (SSSR count). The van der Waals surface area contributed by atoms with Crippen LogP contribution in [-0.2, 0) is 10.1 Å². The van der Waals surface area contributed by atoms with Gasteiger partial charge in [-0.15, -0.1) is 0 Å². The van der Waals surface area contributed by atoms with Crippen LogP contribution in [0.25, 0.3) is 0 Å². The molecule has 0 fully saturated rings. The first-order valence-corrected chi connectivity index (χ1v) is 7.21. The van der Waals surface area contributed by atoms with Gasteiger partial charge in [0.1, 0.15) is 4.90 Å². The van der Waals surface area contributed by atoms with Gasteiger partial charge >= 0.3 is 16.1 Å². The lowest BCUT2D eigenvalue weighted by Crippen LogP contribution is -2.10. The van der Waals surface area contributed by atoms with E-state index in [1.54, 1.807) is 12.1 Å². The molecule has 104 valence electrons. The topological polar surface area (TPSA) is 80.7 Å². The summed E-state index contributed by atoms with van der Waals surface area (Å²) in [5.74, 6) is -1.13. The number of hydrogen-bond acceptors (Lipinski definition) is 4. The zero-order valence-corrected chi connectivity index (χ0v) is 11.6. The van der Waals surface area contributed by atoms with Crippen LogP contribution < -0.4 is 4.18 Å². The van der Waals surface area contributed by atoms with Crippen LogP contribution in [0.2, 0.25) is 5.02 Å². The Hall–Kier alpha value is -2.05. The second kappa shape index (κ2) is 5.52. The van der Waals surface area contributed by atoms with Crippen molar-refractivity contribution in [2.75, 3.05) is 0 Å². The number of para-hydroxylation sites is 1. The zero-order chi connectivity index (χ0) is 14.8. The fraction of sp³-hybridized carbons (Fsp3) is 0. The molecule has 20 heavy (non-hydrogen) atoms. The summed E-state index contributed by atoms with van der Waals surface area (Å²) in [6, 6.07) is 10.8. The van der Waals surface area contributed by atoms with Crippen molar-refractivity contribution in [2.24, 2.45) is 0 Å². The normalized spacial score (nSPS) is 11.1. The first-order chi connectivity index (χ1) is 9.40. The molecule has 0 radical (unpaired) electrons. The van der Waals surface area contributed by atoms with Crippen molar-refractivity contribution in [3.05, 3.63) is 59.1 Å². The maximum absolute atomic E-state index is 12.0. The summed E-state index contributed by atoms with van der Waals surface area (Å²) >= 11 is 5.82. The predicted molar refractivity (Wildman–Crippen MR) is 72.7 cm³/mol. The highest BCUT2D eigenvalue weighted by atomic mass is 35.5. The SMILES string of the molecule is O=C(O)c1ccc(S(=O)(=O)Oc2ccccc2Cl)cc1. The first kappa shape index (κ1) is 14.4. The average molecular weight is 313 g/mol. The minimum atomic E-state index is -4.06. The van der Waals surface area contributed by atoms with Crippen molar-refractivity contribution >= 4 is 27.7 Å². The summed E-state index contributed by atoms with van der Waals surface area (Å²) in [4.78, 5) is 10.5. The van der Waals surface area contributed by atoms with Gasteiger partial charge < -0.3 is 9.29 Å². The van der Waals surface area contributed by atoms with Crippen molar-refractivity contribution in [3.63, 3.8) is 0 Å². The lowest BCUT2D eigenvalue weighted by molar-refractivity contribution is 0.0696. The zero-order valence-electron chi connectivity index (χ0n) is 9.99. The monoisotopic (exact) mass is 312 g/mol. The molecule has 0 aliphatic carbocycles. The second-order valence-corrected chi connectivity index (χ2v) is 5.75. The number of hydrogen-bond donors (Lipinski definition) is 1. The second-order valence-electron chi connectivity index (χ2n) is 3.80. The Bertz CT molecular complexity index is 738. The van der Waals surface area contributed by atoms with E-state index in [-0.39, 0.29) is 21.2 Å². The highest BCUT2D eigenvalue weighted by molar-refractivity contribution is 7.87. The Morgan fingerprint density at radius 1 is 1.05 bits per heavy atom. The highest BCUT2D eigenvalue weighted by Gasteiger charge is 2.18. The van der Waals surface area contributed by atoms with Crippen LogP contribution in [0.3, 0.4) is 0 Å². The lowest BCUT2D eigenvalue weighted by atomic mass is 10.2. The van der Waals surface area contributed by atoms with Gasteiger partial charge in [-0.2, -0.15) is 8.42 Å². The van der Waals surface area contributed by atoms with Crippen LogP contribution in [0, 0.1) is 0 Å². The van der Waals surface area contributed by atoms with Crippen LogP contribution in [0.15, 0.2) is 53.4 Å². The van der Waals surface area contributed by atoms with E-state index in [0.29, 0.717) is 0 Å². The van der Waals surface area contributed by atoms with E-state index in [4.69, 9.17) is 20.9 Å². The third kappa shape index (κ3) is 3.09. The number of carbonyl (C=O) groups is 1. The largest absolute Gasteiger partial charge is 0.478 e. The number of rotatable bonds is 4. The summed E-state index contributed by atoms with van der Waals surface area (Å²) < 4.78 is 28.9. The third-order valence-electron chi connectivity index (χ3n) is 2.43. The Morgan fingerprint density at radius 2 is 1.65 bits per heavy atom. The Morgan fingerprint density at radius 3 is 2.20 bits per heavy atom. The lowest BCUT2D eigenvalue weighted by Gasteiger charge is -2.08. The maximum Gasteiger partial charge on any atom is 0.339 e. The Balaban J connectivity index is 2.31. The minimum Gasteiger partial charge on any atom is -0.478 e. The van der Waals surface area contributed by atoms with E-state index in [2.05, 4.69) is 0 Å². The van der Waals surface area contributed by atoms with Gasteiger partial charge in [0, 0.05) is 0 Å². The number of carboxylic acid groups (broad SMARTS) is 1. The third-order valence-corrected chi connectivity index (χ3v) is 3.99. The molecular weight excluding hydrogens is 304 g/mol. The predicted octanol–water partition coefficient (Wildman–Crippen LogP) is 2.81. The van der Waals surface area contributed by atoms with E-state index in [1.807, 2.05) is 0 Å². The van der Waals surface area contributed by atoms with Gasteiger partial charge in [-0.25, -0.2) is 4.79 Å². The summed E-state index contributed by atoms with van der Waals surface area (Å²) in [5.41, 5.74) is -0.0123. The molecule has 0 heterocycles. The molecule has 0 saturated heterocycles. The van der Waals surface area contributed by atoms with Gasteiger partial charge in [-0.05, 0) is 36.4 Å². The summed E-state index contributed by atoms with van der Waals surface area (Å²) in [6.45, 7) is 0. The number of halogens is 1. The van der Waals surface area contributed by atoms with Crippen molar-refractivity contribution in [3.8, 4) is 5.75 Å². The molecule has 1 N–H and O–H groups in total. The number of aromatic carboxylic acids is 1. The highest BCUT2D eigenvalue weighted by Crippen LogP contribution is 2.26. The molecular formula is C13H9ClO5S. The fourth-order valence-corrected chi connectivity index (χ4v) is 2.61. The number of benzene rings is 2. The molecule has 7 heteroatoms. The molecule has 0 unspecified atom stereocenters. The van der Waals surface area contributed by atoms with E-state index in [0.717, 1.165) is 12.1 Å². The summed E-state index contributed by atoms with van der Waals surface area (Å²) in [5, 5.41) is 8.92. The van der Waals surface area contributed by atoms with Gasteiger partial charge in [-0.1, -0.05) is 23.7 Å². The molecule has 0 spiro atoms. The molecule has 5 nitrogen and oxygen atoms in total. The molecule has 0 saturated carbocycles. The number of carboxylic acids is 1. The van der Waals surface area contributed by atoms with Gasteiger partial charge in [0.15, 0.2) is 5.75 Å². The maximum atomic E-state index is 12.0. The first-order valence-electron chi connectivity index (χ1n) is 5.42. The molecule has 2 aromatic rings. The molecule has 0 aliphatic heterocycles. The van der Waals surface area contributed by atoms with Crippen LogP contribution in [-0.4, -0.2) is 19.5 Å². The van der Waals surface area contributed by atoms with Crippen LogP contribution in [0.5, 0.6) is 5.75 Å². The Kier molecular flexibility index (Phi) is 3.96. The van der Waals surface area contributed by atoms with Crippen LogP contribution in [0.1, 0.15) is 10.4 Å². The molecule has 0 aromatic heterocycles. The summed E-state index contributed by atoms with van der Waals surface area (Å²) in [6.07, 6.45) is 0. The van der Waals surface area contributed by atoms with E-state index < -0.39 is 16.1 Å². The van der Waals surface area contributed by atoms with E-state index >= 15 is 0 Å². The fourth-order valence-electron chi connectivity index (χ4n) is 1.44. The summed E-state index contributed by atoms with van der Waals surface area (Å²) in [7, 11) is -4.06. The molecule has 0 atom stereocenters. The molecule has 0 bridgehead atoms. The smallest absolute Gasteiger partial charge is 0.339 e. The molecule has 2 aromatic carbocycles. The molecule has 0 amide bonds. The van der Waals surface area contributed by atoms with Crippen molar-refractivity contribution in [1.29, 1.82) is 0 Å². The van der Waals surface area contributed by atoms with Crippen LogP contribution >= 0.6 is 11.6 Å². The standard InChI is InChI=1S/C13H9ClO5S/c14-11-3-1-2-4-12(11)19-20(17,18)10-7-5-9(6-8-10)13(15)16/h1-8H,(H,15,16). The van der Waals surface area contributed by atoms with Gasteiger partial charge in [-0.3, -0.25) is 0 Å². The average Bonchev–Trinajstić information content (AvgIpc) is 2.41. The van der Waals surface area contributed by atoms with Gasteiger partial charge in [0.05, 0.1) is 10.6 Å². The Labute approximate surface area is 120 Å². The molecule has 0 aliphatic rings. The quantitative estimate of drug-likeness (QED) is 0.878. The van der Waals surface area contributed by atoms with Crippen molar-refractivity contribution in [1.82, 2.24) is 0 Å². The van der Waals surface area contributed by atoms with Crippen molar-refractivity contribution < 1.29 is 22.5 Å². The van der Waals surface area contributed by atoms with Crippen LogP contribution in [0.4, 0.5) is 0 Å². The van der Waals surface area contributed by atoms with E-state index in [9.17, 15) is 13.2 Å². The minimum absolute atomic E-state index is 0.0106. The van der Waals surface area contributed by atoms with Gasteiger partial charge in [0.2, 0.25) is 0 Å².